The summed E-state index contributed by atoms with van der Waals surface area (Å²) in [6.45, 7) is 4.89. The average Bonchev–Trinajstić information content (AvgIpc) is 2.79. The maximum atomic E-state index is 11.3. The Kier molecular flexibility index (Phi) is 2.54. The molecule has 0 radical (unpaired) electrons. The third-order valence-electron chi connectivity index (χ3n) is 3.01. The molecule has 0 aromatic rings. The molecule has 2 fully saturated rings. The maximum Gasteiger partial charge on any atom is 0.219 e. The highest BCUT2D eigenvalue weighted by Crippen LogP contribution is 2.28. The molecule has 3 heteroatoms. The minimum atomic E-state index is 0.259. The lowest BCUT2D eigenvalue weighted by Crippen LogP contribution is -2.36. The molecule has 13 heavy (non-hydrogen) atoms. The molecule has 0 aromatic carbocycles. The molecule has 1 N–H and O–H groups in total. The predicted octanol–water partition coefficient (Wildman–Crippen LogP) is 0.607. The van der Waals surface area contributed by atoms with Gasteiger partial charge in [-0.2, -0.15) is 0 Å². The minimum Gasteiger partial charge on any atom is -0.340 e. The monoisotopic (exact) mass is 182 g/mol. The van der Waals surface area contributed by atoms with Gasteiger partial charge in [0.15, 0.2) is 0 Å². The molecule has 0 aromatic heterocycles. The van der Waals surface area contributed by atoms with Crippen LogP contribution in [0.5, 0.6) is 0 Å². The molecule has 3 nitrogen and oxygen atoms in total. The summed E-state index contributed by atoms with van der Waals surface area (Å²) in [7, 11) is 0. The zero-order valence-corrected chi connectivity index (χ0v) is 8.25. The SMILES string of the molecule is CC(=O)N(C[C@@H]1CCNC1)C1CC1. The summed E-state index contributed by atoms with van der Waals surface area (Å²) in [4.78, 5) is 13.4. The number of hydrogen-bond donors (Lipinski definition) is 1. The fourth-order valence-corrected chi connectivity index (χ4v) is 2.07. The van der Waals surface area contributed by atoms with Crippen LogP contribution in [-0.2, 0) is 4.79 Å². The van der Waals surface area contributed by atoms with E-state index in [1.165, 1.54) is 19.3 Å². The van der Waals surface area contributed by atoms with E-state index in [-0.39, 0.29) is 5.91 Å². The van der Waals surface area contributed by atoms with E-state index in [2.05, 4.69) is 10.2 Å². The normalized spacial score (nSPS) is 27.6. The smallest absolute Gasteiger partial charge is 0.219 e. The van der Waals surface area contributed by atoms with Crippen LogP contribution in [0.4, 0.5) is 0 Å². The molecule has 0 unspecified atom stereocenters. The molecular weight excluding hydrogens is 164 g/mol. The van der Waals surface area contributed by atoms with Crippen LogP contribution < -0.4 is 5.32 Å². The Balaban J connectivity index is 1.84. The first kappa shape index (κ1) is 9.00. The number of nitrogens with one attached hydrogen (secondary N) is 1. The lowest BCUT2D eigenvalue weighted by Gasteiger charge is -2.23. The summed E-state index contributed by atoms with van der Waals surface area (Å²) in [6.07, 6.45) is 3.68. The molecule has 74 valence electrons. The first-order valence-electron chi connectivity index (χ1n) is 5.25. The number of rotatable bonds is 3. The maximum absolute atomic E-state index is 11.3. The Hall–Kier alpha value is -0.570. The second kappa shape index (κ2) is 3.66. The highest BCUT2D eigenvalue weighted by atomic mass is 16.2. The van der Waals surface area contributed by atoms with Gasteiger partial charge in [-0.15, -0.1) is 0 Å². The third kappa shape index (κ3) is 2.21. The van der Waals surface area contributed by atoms with Crippen LogP contribution >= 0.6 is 0 Å². The largest absolute Gasteiger partial charge is 0.340 e. The zero-order valence-electron chi connectivity index (χ0n) is 8.25. The summed E-state index contributed by atoms with van der Waals surface area (Å²) in [5, 5.41) is 3.34. The van der Waals surface area contributed by atoms with Gasteiger partial charge >= 0.3 is 0 Å². The summed E-state index contributed by atoms with van der Waals surface area (Å²) < 4.78 is 0. The second-order valence-corrected chi connectivity index (χ2v) is 4.26. The minimum absolute atomic E-state index is 0.259. The number of carbonyl (C=O) groups is 1. The van der Waals surface area contributed by atoms with Crippen molar-refractivity contribution in [1.82, 2.24) is 10.2 Å². The standard InChI is InChI=1S/C10H18N2O/c1-8(13)12(10-2-3-10)7-9-4-5-11-6-9/h9-11H,2-7H2,1H3/t9-/m1/s1. The molecule has 1 atom stereocenters. The van der Waals surface area contributed by atoms with Crippen molar-refractivity contribution in [2.45, 2.75) is 32.2 Å². The average molecular weight is 182 g/mol. The van der Waals surface area contributed by atoms with Gasteiger partial charge in [0.25, 0.3) is 0 Å². The lowest BCUT2D eigenvalue weighted by atomic mass is 10.1. The van der Waals surface area contributed by atoms with Crippen molar-refractivity contribution in [3.63, 3.8) is 0 Å². The van der Waals surface area contributed by atoms with Crippen LogP contribution in [0.2, 0.25) is 0 Å². The molecule has 0 bridgehead atoms. The van der Waals surface area contributed by atoms with Crippen LogP contribution in [0.3, 0.4) is 0 Å². The molecule has 1 aliphatic carbocycles. The molecular formula is C10H18N2O. The van der Waals surface area contributed by atoms with Crippen molar-refractivity contribution >= 4 is 5.91 Å². The van der Waals surface area contributed by atoms with Crippen LogP contribution in [0.1, 0.15) is 26.2 Å². The van der Waals surface area contributed by atoms with E-state index in [4.69, 9.17) is 0 Å². The molecule has 1 saturated heterocycles. The molecule has 2 rings (SSSR count). The van der Waals surface area contributed by atoms with E-state index < -0.39 is 0 Å². The van der Waals surface area contributed by atoms with Crippen LogP contribution in [0, 0.1) is 5.92 Å². The van der Waals surface area contributed by atoms with Crippen molar-refractivity contribution in [2.24, 2.45) is 5.92 Å². The molecule has 1 amide bonds. The highest BCUT2D eigenvalue weighted by molar-refractivity contribution is 5.74. The van der Waals surface area contributed by atoms with E-state index in [1.54, 1.807) is 6.92 Å². The van der Waals surface area contributed by atoms with Crippen molar-refractivity contribution < 1.29 is 4.79 Å². The fraction of sp³-hybridized carbons (Fsp3) is 0.900. The van der Waals surface area contributed by atoms with E-state index in [1.807, 2.05) is 0 Å². The number of nitrogens with zero attached hydrogens (tertiary/aromatic N) is 1. The number of carbonyl (C=O) groups excluding carboxylic acids is 1. The van der Waals surface area contributed by atoms with Gasteiger partial charge in [-0.25, -0.2) is 0 Å². The zero-order chi connectivity index (χ0) is 9.26. The molecule has 1 heterocycles. The number of amides is 1. The summed E-state index contributed by atoms with van der Waals surface area (Å²) >= 11 is 0. The van der Waals surface area contributed by atoms with Crippen molar-refractivity contribution in [3.8, 4) is 0 Å². The third-order valence-corrected chi connectivity index (χ3v) is 3.01. The topological polar surface area (TPSA) is 32.3 Å². The van der Waals surface area contributed by atoms with Gasteiger partial charge in [0.1, 0.15) is 0 Å². The Morgan fingerprint density at radius 2 is 2.23 bits per heavy atom. The van der Waals surface area contributed by atoms with E-state index in [0.29, 0.717) is 12.0 Å². The molecule has 0 spiro atoms. The predicted molar refractivity (Wildman–Crippen MR) is 51.4 cm³/mol. The molecule has 1 saturated carbocycles. The van der Waals surface area contributed by atoms with Gasteiger partial charge in [0.05, 0.1) is 0 Å². The van der Waals surface area contributed by atoms with Gasteiger partial charge in [-0.05, 0) is 38.3 Å². The highest BCUT2D eigenvalue weighted by Gasteiger charge is 2.32. The van der Waals surface area contributed by atoms with Gasteiger partial charge in [0.2, 0.25) is 5.91 Å². The summed E-state index contributed by atoms with van der Waals surface area (Å²) in [5.74, 6) is 0.957. The summed E-state index contributed by atoms with van der Waals surface area (Å²) in [6, 6.07) is 0.582. The van der Waals surface area contributed by atoms with E-state index in [0.717, 1.165) is 19.6 Å². The Labute approximate surface area is 79.5 Å². The Morgan fingerprint density at radius 3 is 2.69 bits per heavy atom. The molecule has 2 aliphatic rings. The fourth-order valence-electron chi connectivity index (χ4n) is 2.07. The Bertz CT molecular complexity index is 195. The summed E-state index contributed by atoms with van der Waals surface area (Å²) in [5.41, 5.74) is 0. The van der Waals surface area contributed by atoms with Crippen molar-refractivity contribution in [2.75, 3.05) is 19.6 Å². The van der Waals surface area contributed by atoms with Gasteiger partial charge < -0.3 is 10.2 Å². The van der Waals surface area contributed by atoms with E-state index >= 15 is 0 Å². The van der Waals surface area contributed by atoms with Crippen molar-refractivity contribution in [3.05, 3.63) is 0 Å². The first-order chi connectivity index (χ1) is 6.27. The van der Waals surface area contributed by atoms with Crippen molar-refractivity contribution in [1.29, 1.82) is 0 Å². The van der Waals surface area contributed by atoms with Crippen LogP contribution in [0.15, 0.2) is 0 Å². The van der Waals surface area contributed by atoms with Crippen LogP contribution in [0.25, 0.3) is 0 Å². The molecule has 1 aliphatic heterocycles. The van der Waals surface area contributed by atoms with Gasteiger partial charge in [-0.1, -0.05) is 0 Å². The second-order valence-electron chi connectivity index (χ2n) is 4.26. The Morgan fingerprint density at radius 1 is 1.46 bits per heavy atom. The first-order valence-corrected chi connectivity index (χ1v) is 5.25. The van der Waals surface area contributed by atoms with Gasteiger partial charge in [-0.3, -0.25) is 4.79 Å². The van der Waals surface area contributed by atoms with Crippen LogP contribution in [-0.4, -0.2) is 36.5 Å². The lowest BCUT2D eigenvalue weighted by molar-refractivity contribution is -0.130. The number of hydrogen-bond acceptors (Lipinski definition) is 2. The quantitative estimate of drug-likeness (QED) is 0.693. The van der Waals surface area contributed by atoms with Gasteiger partial charge in [0, 0.05) is 19.5 Å². The van der Waals surface area contributed by atoms with E-state index in [9.17, 15) is 4.79 Å².